The fraction of sp³-hybridized carbons (Fsp3) is 0.143. The van der Waals surface area contributed by atoms with Gasteiger partial charge in [0, 0.05) is 0 Å². The van der Waals surface area contributed by atoms with Crippen molar-refractivity contribution in [3.8, 4) is 0 Å². The zero-order chi connectivity index (χ0) is 8.53. The first-order chi connectivity index (χ1) is 5.35. The van der Waals surface area contributed by atoms with Gasteiger partial charge in [0.1, 0.15) is 0 Å². The third-order valence-electron chi connectivity index (χ3n) is 1.13. The molecule has 1 rings (SSSR count). The Hall–Kier alpha value is -0.188. The van der Waals surface area contributed by atoms with Gasteiger partial charge < -0.3 is 4.89 Å². The molecule has 1 aromatic carbocycles. The van der Waals surface area contributed by atoms with E-state index < -0.39 is 8.69 Å². The quantitative estimate of drug-likeness (QED) is 0.471. The topological polar surface area (TPSA) is 40.1 Å². The molecule has 0 saturated heterocycles. The Morgan fingerprint density at radius 1 is 1.36 bits per heavy atom. The van der Waals surface area contributed by atoms with E-state index >= 15 is 0 Å². The van der Waals surface area contributed by atoms with E-state index in [4.69, 9.17) is 9.46 Å². The second-order valence-electron chi connectivity index (χ2n) is 1.77. The first kappa shape index (κ1) is 10.8. The van der Waals surface area contributed by atoms with E-state index in [9.17, 15) is 0 Å². The maximum absolute atomic E-state index is 8.35. The minimum atomic E-state index is -1.08. The Labute approximate surface area is 74.3 Å². The molecule has 0 unspecified atom stereocenters. The average Bonchev–Trinajstić information content (AvgIpc) is 2.08. The summed E-state index contributed by atoms with van der Waals surface area (Å²) in [6, 6.07) is 10.6. The van der Waals surface area contributed by atoms with Crippen LogP contribution in [0, 0.1) is 0 Å². The van der Waals surface area contributed by atoms with Gasteiger partial charge >= 0.3 is 55.8 Å². The van der Waals surface area contributed by atoms with Gasteiger partial charge in [0.05, 0.1) is 8.69 Å². The Bertz CT molecular complexity index is 191. The molecule has 11 heavy (non-hydrogen) atoms. The summed E-state index contributed by atoms with van der Waals surface area (Å²) in [6.07, 6.45) is 0. The first-order valence-corrected chi connectivity index (χ1v) is 5.60. The molecule has 0 atom stereocenters. The summed E-state index contributed by atoms with van der Waals surface area (Å²) in [5, 5.41) is 0. The van der Waals surface area contributed by atoms with Crippen molar-refractivity contribution in [1.29, 1.82) is 0 Å². The third-order valence-corrected chi connectivity index (χ3v) is 2.18. The van der Waals surface area contributed by atoms with Crippen LogP contribution < -0.4 is 9.32 Å². The van der Waals surface area contributed by atoms with Crippen LogP contribution in [-0.2, 0) is 4.57 Å². The molecule has 0 aliphatic heterocycles. The van der Waals surface area contributed by atoms with Crippen LogP contribution in [0.5, 0.6) is 0 Å². The monoisotopic (exact) mass is 182 g/mol. The standard InChI is InChI=1S/C6H5.CH3.Al.HO2P/c1-2-4-6-5-3-1;;;1-3-2/h1-5H;1H3;;(H,1,2)/q;;+1;/p-1. The summed E-state index contributed by atoms with van der Waals surface area (Å²) < 4.78 is 9.84. The fourth-order valence-corrected chi connectivity index (χ4v) is 1.25. The van der Waals surface area contributed by atoms with Crippen LogP contribution in [0.15, 0.2) is 30.3 Å². The number of hydrogen-bond donors (Lipinski definition) is 0. The molecule has 2 nitrogen and oxygen atoms in total. The number of rotatable bonds is 1. The van der Waals surface area contributed by atoms with E-state index in [0.717, 1.165) is 0 Å². The SMILES string of the molecule is O=P[O-].[CH3][Al+][c]1ccccc1. The predicted octanol–water partition coefficient (Wildman–Crippen LogP) is 0.618. The first-order valence-electron chi connectivity index (χ1n) is 3.14. The van der Waals surface area contributed by atoms with Crippen LogP contribution in [0.1, 0.15) is 0 Å². The van der Waals surface area contributed by atoms with Gasteiger partial charge in [-0.1, -0.05) is 0 Å². The van der Waals surface area contributed by atoms with E-state index in [1.165, 1.54) is 4.43 Å². The van der Waals surface area contributed by atoms with Gasteiger partial charge in [-0.3, -0.25) is 4.57 Å². The number of benzene rings is 1. The molecule has 0 radical (unpaired) electrons. The van der Waals surface area contributed by atoms with Crippen LogP contribution >= 0.6 is 8.69 Å². The van der Waals surface area contributed by atoms with Crippen LogP contribution in [-0.4, -0.2) is 15.2 Å². The minimum absolute atomic E-state index is 0.511. The van der Waals surface area contributed by atoms with Crippen molar-refractivity contribution >= 4 is 28.3 Å². The summed E-state index contributed by atoms with van der Waals surface area (Å²) in [5.74, 6) is 2.25. The Morgan fingerprint density at radius 3 is 2.09 bits per heavy atom. The van der Waals surface area contributed by atoms with Crippen LogP contribution in [0.3, 0.4) is 0 Å². The molecule has 0 bridgehead atoms. The summed E-state index contributed by atoms with van der Waals surface area (Å²) in [5.41, 5.74) is 0. The maximum atomic E-state index is 8.35. The second-order valence-corrected chi connectivity index (χ2v) is 3.17. The summed E-state index contributed by atoms with van der Waals surface area (Å²) in [4.78, 5) is 8.35. The van der Waals surface area contributed by atoms with Crippen LogP contribution in [0.2, 0.25) is 5.79 Å². The van der Waals surface area contributed by atoms with Gasteiger partial charge in [-0.05, 0) is 0 Å². The van der Waals surface area contributed by atoms with E-state index in [0.29, 0.717) is 15.2 Å². The molecule has 1 aromatic rings. The van der Waals surface area contributed by atoms with Crippen molar-refractivity contribution in [3.63, 3.8) is 0 Å². The van der Waals surface area contributed by atoms with Gasteiger partial charge in [0.2, 0.25) is 0 Å². The third kappa shape index (κ3) is 6.22. The molecule has 0 amide bonds. The molecule has 0 spiro atoms. The Balaban J connectivity index is 0.000000292. The van der Waals surface area contributed by atoms with Crippen molar-refractivity contribution in [2.75, 3.05) is 0 Å². The van der Waals surface area contributed by atoms with Crippen molar-refractivity contribution in [2.24, 2.45) is 0 Å². The van der Waals surface area contributed by atoms with Gasteiger partial charge in [-0.25, -0.2) is 0 Å². The van der Waals surface area contributed by atoms with Gasteiger partial charge in [0.15, 0.2) is 0 Å². The second kappa shape index (κ2) is 7.91. The Morgan fingerprint density at radius 2 is 1.82 bits per heavy atom. The van der Waals surface area contributed by atoms with Gasteiger partial charge in [-0.15, -0.1) is 0 Å². The molecule has 0 fully saturated rings. The van der Waals surface area contributed by atoms with Crippen molar-refractivity contribution in [1.82, 2.24) is 0 Å². The molecule has 0 aliphatic rings. The fourth-order valence-electron chi connectivity index (χ4n) is 0.645. The number of hydrogen-bond acceptors (Lipinski definition) is 2. The zero-order valence-corrected chi connectivity index (χ0v) is 8.28. The molecule has 0 heterocycles. The molecule has 56 valence electrons. The van der Waals surface area contributed by atoms with E-state index in [1.807, 2.05) is 0 Å². The van der Waals surface area contributed by atoms with E-state index in [2.05, 4.69) is 36.1 Å². The zero-order valence-electron chi connectivity index (χ0n) is 6.23. The molecule has 0 aliphatic carbocycles. The molecule has 0 N–H and O–H groups in total. The summed E-state index contributed by atoms with van der Waals surface area (Å²) >= 11 is 0.511. The molecular formula is C7H8AlO2P. The van der Waals surface area contributed by atoms with Crippen LogP contribution in [0.25, 0.3) is 0 Å². The van der Waals surface area contributed by atoms with E-state index in [-0.39, 0.29) is 0 Å². The van der Waals surface area contributed by atoms with Crippen LogP contribution in [0.4, 0.5) is 0 Å². The van der Waals surface area contributed by atoms with E-state index in [1.54, 1.807) is 0 Å². The van der Waals surface area contributed by atoms with Gasteiger partial charge in [-0.2, -0.15) is 0 Å². The van der Waals surface area contributed by atoms with Gasteiger partial charge in [0.25, 0.3) is 0 Å². The molecule has 0 saturated carbocycles. The van der Waals surface area contributed by atoms with Crippen molar-refractivity contribution < 1.29 is 9.46 Å². The Kier molecular flexibility index (Phi) is 7.78. The van der Waals surface area contributed by atoms with Crippen molar-refractivity contribution in [3.05, 3.63) is 30.3 Å². The predicted molar refractivity (Wildman–Crippen MR) is 45.3 cm³/mol. The molecule has 4 heteroatoms. The van der Waals surface area contributed by atoms with Crippen molar-refractivity contribution in [2.45, 2.75) is 5.79 Å². The normalized spacial score (nSPS) is 7.82. The summed E-state index contributed by atoms with van der Waals surface area (Å²) in [7, 11) is -1.08. The molecular weight excluding hydrogens is 174 g/mol. The average molecular weight is 182 g/mol. The molecule has 0 aromatic heterocycles. The summed E-state index contributed by atoms with van der Waals surface area (Å²) in [6.45, 7) is 0.